The topological polar surface area (TPSA) is 72.3 Å². The predicted molar refractivity (Wildman–Crippen MR) is 76.7 cm³/mol. The zero-order chi connectivity index (χ0) is 13.3. The van der Waals surface area contributed by atoms with Crippen LogP contribution in [0.1, 0.15) is 13.8 Å². The Balaban J connectivity index is 2.46. The lowest BCUT2D eigenvalue weighted by Gasteiger charge is -2.37. The summed E-state index contributed by atoms with van der Waals surface area (Å²) < 4.78 is 0. The summed E-state index contributed by atoms with van der Waals surface area (Å²) in [6.07, 6.45) is 0. The highest BCUT2D eigenvalue weighted by molar-refractivity contribution is 8.00. The van der Waals surface area contributed by atoms with Crippen LogP contribution in [0.2, 0.25) is 0 Å². The van der Waals surface area contributed by atoms with Crippen molar-refractivity contribution in [1.82, 2.24) is 0 Å². The van der Waals surface area contributed by atoms with Gasteiger partial charge in [-0.25, -0.2) is 0 Å². The van der Waals surface area contributed by atoms with Crippen molar-refractivity contribution in [2.45, 2.75) is 24.8 Å². The molecular formula is C13H19N3OS. The largest absolute Gasteiger partial charge is 0.399 e. The number of nitrogens with two attached hydrogens (primary N) is 2. The average Bonchev–Trinajstić information content (AvgIpc) is 2.32. The van der Waals surface area contributed by atoms with Gasteiger partial charge in [-0.1, -0.05) is 13.8 Å². The van der Waals surface area contributed by atoms with E-state index in [0.717, 1.165) is 10.6 Å². The predicted octanol–water partition coefficient (Wildman–Crippen LogP) is 1.69. The first-order valence-electron chi connectivity index (χ1n) is 6.09. The van der Waals surface area contributed by atoms with Crippen LogP contribution in [0.15, 0.2) is 23.1 Å². The van der Waals surface area contributed by atoms with Crippen LogP contribution in [0.4, 0.5) is 11.4 Å². The highest BCUT2D eigenvalue weighted by Crippen LogP contribution is 2.38. The van der Waals surface area contributed by atoms with Crippen molar-refractivity contribution in [1.29, 1.82) is 0 Å². The molecule has 0 radical (unpaired) electrons. The molecule has 4 nitrogen and oxygen atoms in total. The molecule has 1 atom stereocenters. The molecule has 98 valence electrons. The maximum atomic E-state index is 12.2. The lowest BCUT2D eigenvalue weighted by molar-refractivity contribution is -0.116. The van der Waals surface area contributed by atoms with Crippen molar-refractivity contribution in [3.63, 3.8) is 0 Å². The lowest BCUT2D eigenvalue weighted by Crippen LogP contribution is -2.50. The molecule has 0 fully saturated rings. The fourth-order valence-corrected chi connectivity index (χ4v) is 3.11. The second kappa shape index (κ2) is 5.20. The average molecular weight is 265 g/mol. The number of nitrogens with zero attached hydrogens (tertiary/aromatic N) is 1. The third-order valence-corrected chi connectivity index (χ3v) is 4.25. The Kier molecular flexibility index (Phi) is 3.82. The highest BCUT2D eigenvalue weighted by atomic mass is 32.2. The van der Waals surface area contributed by atoms with E-state index in [1.807, 2.05) is 23.1 Å². The van der Waals surface area contributed by atoms with Crippen molar-refractivity contribution in [2.24, 2.45) is 11.7 Å². The SMILES string of the molecule is CC(C)C(CN)N1C(=O)CSc2ccc(N)cc21. The molecule has 0 spiro atoms. The van der Waals surface area contributed by atoms with Crippen molar-refractivity contribution in [3.8, 4) is 0 Å². The van der Waals surface area contributed by atoms with Crippen molar-refractivity contribution in [2.75, 3.05) is 22.9 Å². The zero-order valence-electron chi connectivity index (χ0n) is 10.7. The Morgan fingerprint density at radius 1 is 1.44 bits per heavy atom. The number of fused-ring (bicyclic) bond motifs is 1. The van der Waals surface area contributed by atoms with Crippen LogP contribution in [-0.4, -0.2) is 24.2 Å². The molecule has 2 rings (SSSR count). The van der Waals surface area contributed by atoms with Gasteiger partial charge >= 0.3 is 0 Å². The molecule has 0 saturated carbocycles. The summed E-state index contributed by atoms with van der Waals surface area (Å²) in [6, 6.07) is 5.73. The van der Waals surface area contributed by atoms with E-state index in [-0.39, 0.29) is 11.9 Å². The minimum atomic E-state index is 0.0268. The monoisotopic (exact) mass is 265 g/mol. The van der Waals surface area contributed by atoms with E-state index < -0.39 is 0 Å². The van der Waals surface area contributed by atoms with Gasteiger partial charge in [-0.15, -0.1) is 11.8 Å². The zero-order valence-corrected chi connectivity index (χ0v) is 11.5. The Morgan fingerprint density at radius 2 is 2.17 bits per heavy atom. The van der Waals surface area contributed by atoms with Crippen LogP contribution in [0, 0.1) is 5.92 Å². The highest BCUT2D eigenvalue weighted by Gasteiger charge is 2.31. The number of rotatable bonds is 3. The Morgan fingerprint density at radius 3 is 2.78 bits per heavy atom. The Labute approximate surface area is 112 Å². The van der Waals surface area contributed by atoms with Crippen LogP contribution < -0.4 is 16.4 Å². The first-order valence-corrected chi connectivity index (χ1v) is 7.07. The van der Waals surface area contributed by atoms with Gasteiger partial charge in [0.1, 0.15) is 0 Å². The number of amides is 1. The summed E-state index contributed by atoms with van der Waals surface area (Å²) in [6.45, 7) is 4.62. The van der Waals surface area contributed by atoms with Gasteiger partial charge < -0.3 is 16.4 Å². The van der Waals surface area contributed by atoms with Crippen LogP contribution >= 0.6 is 11.8 Å². The quantitative estimate of drug-likeness (QED) is 0.816. The first-order chi connectivity index (χ1) is 8.54. The fraction of sp³-hybridized carbons (Fsp3) is 0.462. The first kappa shape index (κ1) is 13.2. The van der Waals surface area contributed by atoms with E-state index in [1.165, 1.54) is 0 Å². The van der Waals surface area contributed by atoms with Crippen LogP contribution in [0.25, 0.3) is 0 Å². The Bertz CT molecular complexity index is 462. The molecule has 1 unspecified atom stereocenters. The fourth-order valence-electron chi connectivity index (χ4n) is 2.23. The molecule has 1 aliphatic heterocycles. The molecule has 1 heterocycles. The summed E-state index contributed by atoms with van der Waals surface area (Å²) in [4.78, 5) is 15.1. The summed E-state index contributed by atoms with van der Waals surface area (Å²) >= 11 is 1.56. The molecule has 0 saturated heterocycles. The molecule has 0 bridgehead atoms. The van der Waals surface area contributed by atoms with E-state index in [0.29, 0.717) is 23.9 Å². The van der Waals surface area contributed by atoms with Gasteiger partial charge in [0.15, 0.2) is 0 Å². The number of carbonyl (C=O) groups excluding carboxylic acids is 1. The smallest absolute Gasteiger partial charge is 0.237 e. The van der Waals surface area contributed by atoms with Crippen molar-refractivity contribution in [3.05, 3.63) is 18.2 Å². The van der Waals surface area contributed by atoms with E-state index in [9.17, 15) is 4.79 Å². The molecule has 18 heavy (non-hydrogen) atoms. The summed E-state index contributed by atoms with van der Waals surface area (Å²) in [7, 11) is 0. The molecule has 1 aromatic carbocycles. The standard InChI is InChI=1S/C13H19N3OS/c1-8(2)11(6-14)16-10-5-9(15)3-4-12(10)18-7-13(16)17/h3-5,8,11H,6-7,14-15H2,1-2H3. The van der Waals surface area contributed by atoms with Gasteiger partial charge in [-0.05, 0) is 24.1 Å². The second-order valence-electron chi connectivity index (χ2n) is 4.83. The minimum Gasteiger partial charge on any atom is -0.399 e. The molecule has 0 aliphatic carbocycles. The molecule has 4 N–H and O–H groups in total. The van der Waals surface area contributed by atoms with Crippen LogP contribution in [0.3, 0.4) is 0 Å². The number of nitrogen functional groups attached to an aromatic ring is 1. The van der Waals surface area contributed by atoms with Gasteiger partial charge in [0.05, 0.1) is 17.5 Å². The van der Waals surface area contributed by atoms with E-state index >= 15 is 0 Å². The number of thioether (sulfide) groups is 1. The number of anilines is 2. The Hall–Kier alpha value is -1.20. The van der Waals surface area contributed by atoms with Crippen LogP contribution in [0.5, 0.6) is 0 Å². The maximum absolute atomic E-state index is 12.2. The molecule has 1 amide bonds. The number of benzene rings is 1. The summed E-state index contributed by atoms with van der Waals surface area (Å²) in [5.41, 5.74) is 13.2. The third kappa shape index (κ3) is 2.33. The lowest BCUT2D eigenvalue weighted by atomic mass is 10.0. The summed E-state index contributed by atoms with van der Waals surface area (Å²) in [5.74, 6) is 0.902. The number of hydrogen-bond donors (Lipinski definition) is 2. The van der Waals surface area contributed by atoms with Crippen molar-refractivity contribution >= 4 is 29.0 Å². The van der Waals surface area contributed by atoms with E-state index in [4.69, 9.17) is 11.5 Å². The van der Waals surface area contributed by atoms with Gasteiger partial charge in [0.2, 0.25) is 5.91 Å². The van der Waals surface area contributed by atoms with E-state index in [2.05, 4.69) is 13.8 Å². The molecule has 5 heteroatoms. The molecule has 1 aliphatic rings. The molecular weight excluding hydrogens is 246 g/mol. The normalized spacial score (nSPS) is 16.9. The maximum Gasteiger partial charge on any atom is 0.237 e. The van der Waals surface area contributed by atoms with Gasteiger partial charge in [0, 0.05) is 17.1 Å². The van der Waals surface area contributed by atoms with E-state index in [1.54, 1.807) is 11.8 Å². The number of hydrogen-bond acceptors (Lipinski definition) is 4. The molecule has 0 aromatic heterocycles. The molecule has 1 aromatic rings. The van der Waals surface area contributed by atoms with Gasteiger partial charge in [-0.3, -0.25) is 4.79 Å². The second-order valence-corrected chi connectivity index (χ2v) is 5.84. The number of carbonyl (C=O) groups is 1. The third-order valence-electron chi connectivity index (χ3n) is 3.21. The van der Waals surface area contributed by atoms with Gasteiger partial charge in [0.25, 0.3) is 0 Å². The summed E-state index contributed by atoms with van der Waals surface area (Å²) in [5, 5.41) is 0. The van der Waals surface area contributed by atoms with Crippen molar-refractivity contribution < 1.29 is 4.79 Å². The minimum absolute atomic E-state index is 0.0268. The van der Waals surface area contributed by atoms with Gasteiger partial charge in [-0.2, -0.15) is 0 Å². The van der Waals surface area contributed by atoms with Crippen LogP contribution in [-0.2, 0) is 4.79 Å².